The molecule has 21 heavy (non-hydrogen) atoms. The van der Waals surface area contributed by atoms with Crippen molar-refractivity contribution in [2.24, 2.45) is 5.73 Å². The first-order chi connectivity index (χ1) is 9.96. The SMILES string of the molecule is CCC(CC)(CO)NC(=O)c1ccc(CNC(N)=O)cc1. The average Bonchev–Trinajstić information content (AvgIpc) is 2.51. The van der Waals surface area contributed by atoms with Crippen LogP contribution in [0.3, 0.4) is 0 Å². The van der Waals surface area contributed by atoms with Gasteiger partial charge in [0.05, 0.1) is 12.1 Å². The van der Waals surface area contributed by atoms with Crippen molar-refractivity contribution in [2.75, 3.05) is 6.61 Å². The summed E-state index contributed by atoms with van der Waals surface area (Å²) >= 11 is 0. The van der Waals surface area contributed by atoms with Crippen LogP contribution in [0.5, 0.6) is 0 Å². The molecule has 0 spiro atoms. The molecular formula is C15H23N3O3. The molecule has 1 aromatic rings. The number of nitrogens with two attached hydrogens (primary N) is 1. The summed E-state index contributed by atoms with van der Waals surface area (Å²) in [6, 6.07) is 6.28. The van der Waals surface area contributed by atoms with Gasteiger partial charge in [0.25, 0.3) is 5.91 Å². The van der Waals surface area contributed by atoms with Crippen LogP contribution < -0.4 is 16.4 Å². The molecule has 0 aliphatic rings. The highest BCUT2D eigenvalue weighted by Gasteiger charge is 2.27. The van der Waals surface area contributed by atoms with E-state index >= 15 is 0 Å². The first-order valence-corrected chi connectivity index (χ1v) is 7.02. The number of aliphatic hydroxyl groups is 1. The zero-order valence-electron chi connectivity index (χ0n) is 12.5. The fraction of sp³-hybridized carbons (Fsp3) is 0.467. The summed E-state index contributed by atoms with van der Waals surface area (Å²) in [7, 11) is 0. The summed E-state index contributed by atoms with van der Waals surface area (Å²) in [5.41, 5.74) is 5.78. The van der Waals surface area contributed by atoms with Gasteiger partial charge in [-0.25, -0.2) is 4.79 Å². The Morgan fingerprint density at radius 3 is 2.19 bits per heavy atom. The number of hydrogen-bond donors (Lipinski definition) is 4. The van der Waals surface area contributed by atoms with Crippen molar-refractivity contribution >= 4 is 11.9 Å². The highest BCUT2D eigenvalue weighted by atomic mass is 16.3. The molecule has 0 radical (unpaired) electrons. The van der Waals surface area contributed by atoms with Crippen molar-refractivity contribution < 1.29 is 14.7 Å². The third kappa shape index (κ3) is 4.75. The second-order valence-electron chi connectivity index (χ2n) is 5.01. The molecule has 0 fully saturated rings. The summed E-state index contributed by atoms with van der Waals surface area (Å²) in [6.07, 6.45) is 1.32. The first kappa shape index (κ1) is 17.0. The minimum atomic E-state index is -0.588. The number of aliphatic hydroxyl groups excluding tert-OH is 1. The number of hydrogen-bond acceptors (Lipinski definition) is 3. The largest absolute Gasteiger partial charge is 0.394 e. The monoisotopic (exact) mass is 293 g/mol. The Hall–Kier alpha value is -2.08. The van der Waals surface area contributed by atoms with E-state index in [4.69, 9.17) is 5.73 Å². The number of benzene rings is 1. The number of amides is 3. The average molecular weight is 293 g/mol. The first-order valence-electron chi connectivity index (χ1n) is 7.02. The maximum atomic E-state index is 12.2. The van der Waals surface area contributed by atoms with Crippen LogP contribution in [0.15, 0.2) is 24.3 Å². The standard InChI is InChI=1S/C15H23N3O3/c1-3-15(4-2,10-19)18-13(20)12-7-5-11(6-8-12)9-17-14(16)21/h5-8,19H,3-4,9-10H2,1-2H3,(H,18,20)(H3,16,17,21). The van der Waals surface area contributed by atoms with Gasteiger partial charge in [-0.05, 0) is 30.5 Å². The molecule has 0 saturated heterocycles. The van der Waals surface area contributed by atoms with Crippen LogP contribution in [0, 0.1) is 0 Å². The van der Waals surface area contributed by atoms with Crippen LogP contribution in [0.2, 0.25) is 0 Å². The summed E-state index contributed by atoms with van der Waals surface area (Å²) in [6.45, 7) is 4.09. The topological polar surface area (TPSA) is 104 Å². The van der Waals surface area contributed by atoms with E-state index in [0.29, 0.717) is 24.9 Å². The van der Waals surface area contributed by atoms with Gasteiger partial charge in [0.2, 0.25) is 0 Å². The molecule has 5 N–H and O–H groups in total. The van der Waals surface area contributed by atoms with Gasteiger partial charge in [-0.1, -0.05) is 26.0 Å². The fourth-order valence-electron chi connectivity index (χ4n) is 1.97. The normalized spacial score (nSPS) is 11.0. The van der Waals surface area contributed by atoms with Gasteiger partial charge in [-0.15, -0.1) is 0 Å². The van der Waals surface area contributed by atoms with Crippen LogP contribution in [0.4, 0.5) is 4.79 Å². The molecule has 0 saturated carbocycles. The van der Waals surface area contributed by atoms with Crippen LogP contribution in [0.1, 0.15) is 42.6 Å². The van der Waals surface area contributed by atoms with Gasteiger partial charge in [0, 0.05) is 12.1 Å². The highest BCUT2D eigenvalue weighted by molar-refractivity contribution is 5.94. The lowest BCUT2D eigenvalue weighted by atomic mass is 9.93. The Kier molecular flexibility index (Phi) is 6.17. The lowest BCUT2D eigenvalue weighted by molar-refractivity contribution is 0.0818. The van der Waals surface area contributed by atoms with Gasteiger partial charge in [-0.2, -0.15) is 0 Å². The van der Waals surface area contributed by atoms with Crippen molar-refractivity contribution in [1.82, 2.24) is 10.6 Å². The third-order valence-corrected chi connectivity index (χ3v) is 3.72. The lowest BCUT2D eigenvalue weighted by Gasteiger charge is -2.30. The van der Waals surface area contributed by atoms with E-state index in [2.05, 4.69) is 10.6 Å². The summed E-state index contributed by atoms with van der Waals surface area (Å²) in [5, 5.41) is 14.8. The number of nitrogens with one attached hydrogen (secondary N) is 2. The Balaban J connectivity index is 2.73. The number of carbonyl (C=O) groups excluding carboxylic acids is 2. The molecule has 0 bridgehead atoms. The minimum absolute atomic E-state index is 0.0909. The Morgan fingerprint density at radius 2 is 1.76 bits per heavy atom. The van der Waals surface area contributed by atoms with Gasteiger partial charge in [-0.3, -0.25) is 4.79 Å². The van der Waals surface area contributed by atoms with E-state index in [0.717, 1.165) is 5.56 Å². The molecule has 3 amide bonds. The number of rotatable bonds is 7. The Bertz CT molecular complexity index is 473. The van der Waals surface area contributed by atoms with Gasteiger partial charge >= 0.3 is 6.03 Å². The second kappa shape index (κ2) is 7.64. The maximum absolute atomic E-state index is 12.2. The van der Waals surface area contributed by atoms with Crippen molar-refractivity contribution in [2.45, 2.75) is 38.8 Å². The van der Waals surface area contributed by atoms with E-state index in [9.17, 15) is 14.7 Å². The number of carbonyl (C=O) groups is 2. The molecule has 0 heterocycles. The smallest absolute Gasteiger partial charge is 0.312 e. The molecule has 6 heteroatoms. The number of urea groups is 1. The summed E-state index contributed by atoms with van der Waals surface area (Å²) < 4.78 is 0. The van der Waals surface area contributed by atoms with Crippen LogP contribution >= 0.6 is 0 Å². The predicted octanol–water partition coefficient (Wildman–Crippen LogP) is 1.14. The van der Waals surface area contributed by atoms with Crippen LogP contribution in [-0.4, -0.2) is 29.2 Å². The number of primary amides is 1. The molecule has 0 unspecified atom stereocenters. The van der Waals surface area contributed by atoms with Crippen molar-refractivity contribution in [1.29, 1.82) is 0 Å². The molecule has 6 nitrogen and oxygen atoms in total. The molecule has 1 rings (SSSR count). The van der Waals surface area contributed by atoms with E-state index < -0.39 is 11.6 Å². The van der Waals surface area contributed by atoms with E-state index in [1.54, 1.807) is 24.3 Å². The molecule has 1 aromatic carbocycles. The van der Waals surface area contributed by atoms with E-state index in [-0.39, 0.29) is 12.5 Å². The van der Waals surface area contributed by atoms with Crippen molar-refractivity contribution in [3.63, 3.8) is 0 Å². The zero-order chi connectivity index (χ0) is 15.9. The zero-order valence-corrected chi connectivity index (χ0v) is 12.5. The van der Waals surface area contributed by atoms with Crippen molar-refractivity contribution in [3.05, 3.63) is 35.4 Å². The fourth-order valence-corrected chi connectivity index (χ4v) is 1.97. The molecule has 0 atom stereocenters. The predicted molar refractivity (Wildman–Crippen MR) is 80.7 cm³/mol. The van der Waals surface area contributed by atoms with Gasteiger partial charge < -0.3 is 21.5 Å². The second-order valence-corrected chi connectivity index (χ2v) is 5.01. The van der Waals surface area contributed by atoms with Crippen molar-refractivity contribution in [3.8, 4) is 0 Å². The maximum Gasteiger partial charge on any atom is 0.312 e. The van der Waals surface area contributed by atoms with E-state index in [1.165, 1.54) is 0 Å². The molecule has 0 aliphatic carbocycles. The van der Waals surface area contributed by atoms with E-state index in [1.807, 2.05) is 13.8 Å². The lowest BCUT2D eigenvalue weighted by Crippen LogP contribution is -2.50. The quantitative estimate of drug-likeness (QED) is 0.606. The highest BCUT2D eigenvalue weighted by Crippen LogP contribution is 2.15. The molecular weight excluding hydrogens is 270 g/mol. The summed E-state index contributed by atoms with van der Waals surface area (Å²) in [5.74, 6) is -0.220. The van der Waals surface area contributed by atoms with Crippen LogP contribution in [-0.2, 0) is 6.54 Å². The minimum Gasteiger partial charge on any atom is -0.394 e. The van der Waals surface area contributed by atoms with Gasteiger partial charge in [0.1, 0.15) is 0 Å². The Morgan fingerprint density at radius 1 is 1.19 bits per heavy atom. The van der Waals surface area contributed by atoms with Gasteiger partial charge in [0.15, 0.2) is 0 Å². The summed E-state index contributed by atoms with van der Waals surface area (Å²) in [4.78, 5) is 22.8. The Labute approximate surface area is 124 Å². The molecule has 0 aliphatic heterocycles. The molecule has 0 aromatic heterocycles. The van der Waals surface area contributed by atoms with Crippen LogP contribution in [0.25, 0.3) is 0 Å². The third-order valence-electron chi connectivity index (χ3n) is 3.72. The molecule has 116 valence electrons.